The third kappa shape index (κ3) is 2.07. The Hall–Kier alpha value is -2.29. The molecule has 0 radical (unpaired) electrons. The summed E-state index contributed by atoms with van der Waals surface area (Å²) in [5, 5.41) is 1.09. The fraction of sp³-hybridized carbons (Fsp3) is 0.350. The van der Waals surface area contributed by atoms with Crippen molar-refractivity contribution in [3.8, 4) is 0 Å². The van der Waals surface area contributed by atoms with E-state index in [2.05, 4.69) is 62.0 Å². The zero-order chi connectivity index (χ0) is 16.1. The summed E-state index contributed by atoms with van der Waals surface area (Å²) in [6.07, 6.45) is 6.37. The number of rotatable bonds is 2. The second-order valence-electron chi connectivity index (χ2n) is 6.87. The summed E-state index contributed by atoms with van der Waals surface area (Å²) in [4.78, 5) is 6.86. The first kappa shape index (κ1) is 14.3. The van der Waals surface area contributed by atoms with E-state index in [0.29, 0.717) is 17.9 Å². The molecule has 3 heteroatoms. The predicted octanol–water partition coefficient (Wildman–Crippen LogP) is 5.28. The van der Waals surface area contributed by atoms with Gasteiger partial charge in [-0.3, -0.25) is 4.98 Å². The number of nitrogens with zero attached hydrogens (tertiary/aromatic N) is 2. The van der Waals surface area contributed by atoms with E-state index >= 15 is 0 Å². The summed E-state index contributed by atoms with van der Waals surface area (Å²) in [7, 11) is 0. The highest BCUT2D eigenvalue weighted by Crippen LogP contribution is 2.40. The van der Waals surface area contributed by atoms with Crippen molar-refractivity contribution < 1.29 is 4.42 Å². The van der Waals surface area contributed by atoms with Gasteiger partial charge in [0.1, 0.15) is 5.52 Å². The molecule has 4 rings (SSSR count). The predicted molar refractivity (Wildman–Crippen MR) is 95.7 cm³/mol. The van der Waals surface area contributed by atoms with Crippen molar-refractivity contribution >= 4 is 27.8 Å². The van der Waals surface area contributed by atoms with Gasteiger partial charge in [0.15, 0.2) is 11.2 Å². The van der Waals surface area contributed by atoms with E-state index in [1.54, 1.807) is 0 Å². The fourth-order valence-electron chi connectivity index (χ4n) is 3.80. The van der Waals surface area contributed by atoms with Crippen molar-refractivity contribution in [3.63, 3.8) is 0 Å². The van der Waals surface area contributed by atoms with Gasteiger partial charge >= 0.3 is 0 Å². The first-order chi connectivity index (χ1) is 11.1. The maximum atomic E-state index is 6.18. The number of aryl methyl sites for hydroxylation is 1. The number of anilines is 1. The molecular weight excluding hydrogens is 284 g/mol. The lowest BCUT2D eigenvalue weighted by atomic mass is 9.91. The van der Waals surface area contributed by atoms with Crippen molar-refractivity contribution in [1.82, 2.24) is 4.98 Å². The van der Waals surface area contributed by atoms with Crippen LogP contribution in [-0.4, -0.2) is 11.0 Å². The third-order valence-corrected chi connectivity index (χ3v) is 5.06. The van der Waals surface area contributed by atoms with Crippen LogP contribution in [0.25, 0.3) is 22.1 Å². The fourth-order valence-corrected chi connectivity index (χ4v) is 3.80. The molecule has 3 aromatic rings. The van der Waals surface area contributed by atoms with Crippen molar-refractivity contribution in [2.24, 2.45) is 11.8 Å². The Labute approximate surface area is 136 Å². The molecule has 23 heavy (non-hydrogen) atoms. The van der Waals surface area contributed by atoms with Crippen molar-refractivity contribution in [2.75, 3.05) is 4.90 Å². The number of hydrogen-bond acceptors (Lipinski definition) is 3. The number of hydrogen-bond donors (Lipinski definition) is 0. The first-order valence-corrected chi connectivity index (χ1v) is 8.31. The van der Waals surface area contributed by atoms with Crippen LogP contribution >= 0.6 is 0 Å². The van der Waals surface area contributed by atoms with Gasteiger partial charge in [-0.1, -0.05) is 26.0 Å². The maximum absolute atomic E-state index is 6.18. The highest BCUT2D eigenvalue weighted by atomic mass is 16.3. The number of aromatic nitrogens is 1. The minimum atomic E-state index is 0.431. The Bertz CT molecular complexity index is 907. The van der Waals surface area contributed by atoms with Gasteiger partial charge in [-0.25, -0.2) is 0 Å². The molecule has 0 N–H and O–H groups in total. The van der Waals surface area contributed by atoms with E-state index in [1.165, 1.54) is 11.3 Å². The van der Waals surface area contributed by atoms with Crippen LogP contribution in [0.2, 0.25) is 0 Å². The average Bonchev–Trinajstić information content (AvgIpc) is 3.08. The first-order valence-electron chi connectivity index (χ1n) is 8.31. The summed E-state index contributed by atoms with van der Waals surface area (Å²) in [5.74, 6) is 1.19. The van der Waals surface area contributed by atoms with Crippen molar-refractivity contribution in [3.05, 3.63) is 48.3 Å². The van der Waals surface area contributed by atoms with Gasteiger partial charge in [-0.2, -0.15) is 0 Å². The zero-order valence-corrected chi connectivity index (χ0v) is 14.1. The second kappa shape index (κ2) is 5.12. The van der Waals surface area contributed by atoms with Gasteiger partial charge in [0, 0.05) is 29.7 Å². The maximum Gasteiger partial charge on any atom is 0.160 e. The molecule has 1 aromatic carbocycles. The van der Waals surface area contributed by atoms with E-state index in [9.17, 15) is 0 Å². The Balaban J connectivity index is 1.93. The summed E-state index contributed by atoms with van der Waals surface area (Å²) in [5.41, 5.74) is 5.15. The highest BCUT2D eigenvalue weighted by Gasteiger charge is 2.31. The van der Waals surface area contributed by atoms with Crippen LogP contribution in [0.3, 0.4) is 0 Å². The molecule has 1 aliphatic heterocycles. The van der Waals surface area contributed by atoms with Crippen LogP contribution in [-0.2, 0) is 0 Å². The van der Waals surface area contributed by atoms with Gasteiger partial charge in [-0.05, 0) is 43.5 Å². The summed E-state index contributed by atoms with van der Waals surface area (Å²) < 4.78 is 6.18. The average molecular weight is 306 g/mol. The molecule has 0 bridgehead atoms. The zero-order valence-electron chi connectivity index (χ0n) is 14.1. The lowest BCUT2D eigenvalue weighted by molar-refractivity contribution is 0.419. The van der Waals surface area contributed by atoms with Gasteiger partial charge in [0.2, 0.25) is 0 Å². The van der Waals surface area contributed by atoms with Gasteiger partial charge < -0.3 is 9.32 Å². The SMILES string of the molecule is Cc1ccc2c(oc3cccnc32)c1N1C=CC(C(C)C)[C@@H]1C. The summed E-state index contributed by atoms with van der Waals surface area (Å²) in [6, 6.07) is 8.63. The van der Waals surface area contributed by atoms with Crippen LogP contribution in [0.5, 0.6) is 0 Å². The molecule has 118 valence electrons. The molecule has 3 heterocycles. The Morgan fingerprint density at radius 3 is 2.78 bits per heavy atom. The molecule has 0 fully saturated rings. The number of fused-ring (bicyclic) bond motifs is 3. The van der Waals surface area contributed by atoms with Crippen LogP contribution < -0.4 is 4.90 Å². The Morgan fingerprint density at radius 2 is 2.04 bits per heavy atom. The van der Waals surface area contributed by atoms with Crippen molar-refractivity contribution in [1.29, 1.82) is 0 Å². The van der Waals surface area contributed by atoms with Crippen LogP contribution in [0.4, 0.5) is 5.69 Å². The quantitative estimate of drug-likeness (QED) is 0.644. The molecule has 0 amide bonds. The topological polar surface area (TPSA) is 29.3 Å². The van der Waals surface area contributed by atoms with E-state index in [4.69, 9.17) is 4.42 Å². The Kier molecular flexibility index (Phi) is 3.19. The number of furan rings is 1. The normalized spacial score (nSPS) is 21.2. The molecule has 1 aliphatic rings. The third-order valence-electron chi connectivity index (χ3n) is 5.06. The van der Waals surface area contributed by atoms with E-state index in [1.807, 2.05) is 18.3 Å². The molecule has 0 aliphatic carbocycles. The second-order valence-corrected chi connectivity index (χ2v) is 6.87. The number of benzene rings is 1. The van der Waals surface area contributed by atoms with Gasteiger partial charge in [0.25, 0.3) is 0 Å². The molecule has 2 atom stereocenters. The van der Waals surface area contributed by atoms with Crippen LogP contribution in [0.15, 0.2) is 47.2 Å². The minimum Gasteiger partial charge on any atom is -0.452 e. The molecule has 0 spiro atoms. The molecule has 0 saturated heterocycles. The smallest absolute Gasteiger partial charge is 0.160 e. The lowest BCUT2D eigenvalue weighted by Crippen LogP contribution is -2.31. The van der Waals surface area contributed by atoms with Crippen molar-refractivity contribution in [2.45, 2.75) is 33.7 Å². The molecule has 1 unspecified atom stereocenters. The Morgan fingerprint density at radius 1 is 1.22 bits per heavy atom. The van der Waals surface area contributed by atoms with Crippen LogP contribution in [0.1, 0.15) is 26.3 Å². The van der Waals surface area contributed by atoms with E-state index < -0.39 is 0 Å². The largest absolute Gasteiger partial charge is 0.452 e. The monoisotopic (exact) mass is 306 g/mol. The lowest BCUT2D eigenvalue weighted by Gasteiger charge is -2.29. The summed E-state index contributed by atoms with van der Waals surface area (Å²) in [6.45, 7) is 9.02. The van der Waals surface area contributed by atoms with Crippen LogP contribution in [0, 0.1) is 18.8 Å². The molecule has 2 aromatic heterocycles. The standard InChI is InChI=1S/C20H22N2O/c1-12(2)15-9-11-22(14(15)4)19-13(3)7-8-16-18-17(23-20(16)19)6-5-10-21-18/h5-12,14-15H,1-4H3/t14-,15?/m0/s1. The molecule has 0 saturated carbocycles. The van der Waals surface area contributed by atoms with E-state index in [0.717, 1.165) is 22.1 Å². The highest BCUT2D eigenvalue weighted by molar-refractivity contribution is 6.07. The minimum absolute atomic E-state index is 0.431. The number of pyridine rings is 1. The van der Waals surface area contributed by atoms with Gasteiger partial charge in [0.05, 0.1) is 5.69 Å². The van der Waals surface area contributed by atoms with Gasteiger partial charge in [-0.15, -0.1) is 0 Å². The molecule has 3 nitrogen and oxygen atoms in total. The molecular formula is C20H22N2O. The summed E-state index contributed by atoms with van der Waals surface area (Å²) >= 11 is 0. The van der Waals surface area contributed by atoms with E-state index in [-0.39, 0.29) is 0 Å².